The van der Waals surface area contributed by atoms with Gasteiger partial charge in [-0.15, -0.1) is 11.3 Å². The van der Waals surface area contributed by atoms with Gasteiger partial charge in [-0.1, -0.05) is 6.92 Å². The van der Waals surface area contributed by atoms with Crippen LogP contribution in [0.4, 0.5) is 0 Å². The van der Waals surface area contributed by atoms with Crippen LogP contribution in [0.3, 0.4) is 0 Å². The van der Waals surface area contributed by atoms with Gasteiger partial charge < -0.3 is 5.32 Å². The third-order valence-electron chi connectivity index (χ3n) is 3.39. The van der Waals surface area contributed by atoms with Gasteiger partial charge in [-0.3, -0.25) is 4.90 Å². The molecule has 2 unspecified atom stereocenters. The summed E-state index contributed by atoms with van der Waals surface area (Å²) in [5.74, 6) is 0. The number of rotatable bonds is 3. The molecule has 1 aromatic rings. The molecule has 0 radical (unpaired) electrons. The SMILES string of the molecule is CCC1CN(Cc2nccs2)C(C)CCN1. The van der Waals surface area contributed by atoms with Gasteiger partial charge in [0.15, 0.2) is 0 Å². The molecule has 2 rings (SSSR count). The van der Waals surface area contributed by atoms with E-state index in [-0.39, 0.29) is 0 Å². The molecule has 4 heteroatoms. The molecular formula is C12H21N3S. The van der Waals surface area contributed by atoms with Gasteiger partial charge in [-0.2, -0.15) is 0 Å². The monoisotopic (exact) mass is 239 g/mol. The summed E-state index contributed by atoms with van der Waals surface area (Å²) < 4.78 is 0. The summed E-state index contributed by atoms with van der Waals surface area (Å²) in [6.45, 7) is 7.89. The van der Waals surface area contributed by atoms with Crippen molar-refractivity contribution >= 4 is 11.3 Å². The van der Waals surface area contributed by atoms with E-state index in [1.807, 2.05) is 6.20 Å². The molecule has 0 aliphatic carbocycles. The Balaban J connectivity index is 1.98. The molecule has 90 valence electrons. The van der Waals surface area contributed by atoms with Gasteiger partial charge in [-0.25, -0.2) is 4.98 Å². The Morgan fingerprint density at radius 1 is 1.62 bits per heavy atom. The molecule has 16 heavy (non-hydrogen) atoms. The molecular weight excluding hydrogens is 218 g/mol. The highest BCUT2D eigenvalue weighted by Crippen LogP contribution is 2.15. The van der Waals surface area contributed by atoms with Gasteiger partial charge in [-0.05, 0) is 26.3 Å². The minimum absolute atomic E-state index is 0.643. The second-order valence-corrected chi connectivity index (χ2v) is 5.53. The van der Waals surface area contributed by atoms with E-state index in [4.69, 9.17) is 0 Å². The van der Waals surface area contributed by atoms with Crippen LogP contribution in [0.5, 0.6) is 0 Å². The maximum absolute atomic E-state index is 4.38. The molecule has 1 aliphatic heterocycles. The lowest BCUT2D eigenvalue weighted by molar-refractivity contribution is 0.194. The second kappa shape index (κ2) is 5.75. The largest absolute Gasteiger partial charge is 0.313 e. The molecule has 2 atom stereocenters. The fourth-order valence-electron chi connectivity index (χ4n) is 2.21. The fraction of sp³-hybridized carbons (Fsp3) is 0.750. The lowest BCUT2D eigenvalue weighted by atomic mass is 10.2. The van der Waals surface area contributed by atoms with Crippen LogP contribution in [0, 0.1) is 0 Å². The highest BCUT2D eigenvalue weighted by atomic mass is 32.1. The minimum Gasteiger partial charge on any atom is -0.313 e. The minimum atomic E-state index is 0.643. The van der Waals surface area contributed by atoms with E-state index in [2.05, 4.69) is 34.4 Å². The van der Waals surface area contributed by atoms with E-state index in [1.165, 1.54) is 17.8 Å². The van der Waals surface area contributed by atoms with E-state index < -0.39 is 0 Å². The van der Waals surface area contributed by atoms with Crippen LogP contribution in [-0.2, 0) is 6.54 Å². The number of hydrogen-bond donors (Lipinski definition) is 1. The standard InChI is InChI=1S/C12H21N3S/c1-3-11-8-15(10(2)4-5-13-11)9-12-14-6-7-16-12/h6-7,10-11,13H,3-5,8-9H2,1-2H3. The van der Waals surface area contributed by atoms with Gasteiger partial charge in [0.25, 0.3) is 0 Å². The van der Waals surface area contributed by atoms with Crippen molar-refractivity contribution in [2.24, 2.45) is 0 Å². The summed E-state index contributed by atoms with van der Waals surface area (Å²) in [6.07, 6.45) is 4.35. The molecule has 2 heterocycles. The Hall–Kier alpha value is -0.450. The van der Waals surface area contributed by atoms with Crippen molar-refractivity contribution in [1.82, 2.24) is 15.2 Å². The highest BCUT2D eigenvalue weighted by molar-refractivity contribution is 7.09. The van der Waals surface area contributed by atoms with Crippen molar-refractivity contribution in [3.05, 3.63) is 16.6 Å². The van der Waals surface area contributed by atoms with E-state index in [0.717, 1.165) is 19.6 Å². The quantitative estimate of drug-likeness (QED) is 0.875. The fourth-order valence-corrected chi connectivity index (χ4v) is 2.85. The van der Waals surface area contributed by atoms with Crippen LogP contribution in [-0.4, -0.2) is 35.1 Å². The van der Waals surface area contributed by atoms with Gasteiger partial charge >= 0.3 is 0 Å². The van der Waals surface area contributed by atoms with Crippen molar-refractivity contribution in [1.29, 1.82) is 0 Å². The lowest BCUT2D eigenvalue weighted by Gasteiger charge is -2.27. The average molecular weight is 239 g/mol. The summed E-state index contributed by atoms with van der Waals surface area (Å²) >= 11 is 1.76. The second-order valence-electron chi connectivity index (χ2n) is 4.55. The first-order valence-corrected chi connectivity index (χ1v) is 7.03. The summed E-state index contributed by atoms with van der Waals surface area (Å²) in [4.78, 5) is 6.95. The summed E-state index contributed by atoms with van der Waals surface area (Å²) in [5.41, 5.74) is 0. The maximum atomic E-state index is 4.38. The number of hydrogen-bond acceptors (Lipinski definition) is 4. The maximum Gasteiger partial charge on any atom is 0.107 e. The van der Waals surface area contributed by atoms with Gasteiger partial charge in [0.2, 0.25) is 0 Å². The number of nitrogens with zero attached hydrogens (tertiary/aromatic N) is 2. The summed E-state index contributed by atoms with van der Waals surface area (Å²) in [7, 11) is 0. The Bertz CT molecular complexity index is 299. The third kappa shape index (κ3) is 3.03. The molecule has 1 aliphatic rings. The van der Waals surface area contributed by atoms with E-state index in [1.54, 1.807) is 11.3 Å². The molecule has 1 N–H and O–H groups in total. The van der Waals surface area contributed by atoms with Gasteiger partial charge in [0.1, 0.15) is 5.01 Å². The van der Waals surface area contributed by atoms with Crippen LogP contribution >= 0.6 is 11.3 Å². The molecule has 1 saturated heterocycles. The normalized spacial score (nSPS) is 27.9. The summed E-state index contributed by atoms with van der Waals surface area (Å²) in [5, 5.41) is 6.91. The van der Waals surface area contributed by atoms with Crippen molar-refractivity contribution in [3.63, 3.8) is 0 Å². The van der Waals surface area contributed by atoms with Crippen molar-refractivity contribution in [2.45, 2.75) is 45.3 Å². The topological polar surface area (TPSA) is 28.2 Å². The molecule has 0 aromatic carbocycles. The summed E-state index contributed by atoms with van der Waals surface area (Å²) in [6, 6.07) is 1.30. The Labute approximate surface area is 102 Å². The number of thiazole rings is 1. The highest BCUT2D eigenvalue weighted by Gasteiger charge is 2.22. The Kier molecular flexibility index (Phi) is 4.32. The van der Waals surface area contributed by atoms with Crippen molar-refractivity contribution in [2.75, 3.05) is 13.1 Å². The first kappa shape index (κ1) is 12.0. The molecule has 0 bridgehead atoms. The molecule has 1 fully saturated rings. The Morgan fingerprint density at radius 3 is 3.19 bits per heavy atom. The predicted molar refractivity (Wildman–Crippen MR) is 68.7 cm³/mol. The zero-order chi connectivity index (χ0) is 11.4. The number of nitrogens with one attached hydrogen (secondary N) is 1. The average Bonchev–Trinajstić information content (AvgIpc) is 2.72. The lowest BCUT2D eigenvalue weighted by Crippen LogP contribution is -2.39. The molecule has 3 nitrogen and oxygen atoms in total. The Morgan fingerprint density at radius 2 is 2.50 bits per heavy atom. The zero-order valence-electron chi connectivity index (χ0n) is 10.1. The van der Waals surface area contributed by atoms with Crippen LogP contribution in [0.1, 0.15) is 31.7 Å². The van der Waals surface area contributed by atoms with E-state index in [0.29, 0.717) is 12.1 Å². The van der Waals surface area contributed by atoms with Gasteiger partial charge in [0.05, 0.1) is 6.54 Å². The van der Waals surface area contributed by atoms with Crippen LogP contribution in [0.25, 0.3) is 0 Å². The molecule has 0 saturated carbocycles. The predicted octanol–water partition coefficient (Wildman–Crippen LogP) is 2.11. The van der Waals surface area contributed by atoms with Crippen molar-refractivity contribution < 1.29 is 0 Å². The smallest absolute Gasteiger partial charge is 0.107 e. The van der Waals surface area contributed by atoms with E-state index >= 15 is 0 Å². The van der Waals surface area contributed by atoms with Crippen LogP contribution in [0.2, 0.25) is 0 Å². The zero-order valence-corrected chi connectivity index (χ0v) is 11.0. The molecule has 0 spiro atoms. The van der Waals surface area contributed by atoms with Crippen LogP contribution < -0.4 is 5.32 Å². The molecule has 1 aromatic heterocycles. The van der Waals surface area contributed by atoms with Crippen molar-refractivity contribution in [3.8, 4) is 0 Å². The van der Waals surface area contributed by atoms with E-state index in [9.17, 15) is 0 Å². The first-order valence-electron chi connectivity index (χ1n) is 6.15. The third-order valence-corrected chi connectivity index (χ3v) is 4.15. The molecule has 0 amide bonds. The van der Waals surface area contributed by atoms with Gasteiger partial charge in [0, 0.05) is 30.2 Å². The van der Waals surface area contributed by atoms with Crippen LogP contribution in [0.15, 0.2) is 11.6 Å². The first-order chi connectivity index (χ1) is 7.79. The number of aromatic nitrogens is 1.